The number of hydrogen-bond acceptors (Lipinski definition) is 4. The Hall–Kier alpha value is -1.75. The minimum absolute atomic E-state index is 0.0449. The van der Waals surface area contributed by atoms with E-state index in [0.29, 0.717) is 5.56 Å². The number of carbonyl (C=O) groups excluding carboxylic acids is 1. The molecule has 5 nitrogen and oxygen atoms in total. The first kappa shape index (κ1) is 13.3. The lowest BCUT2D eigenvalue weighted by Crippen LogP contribution is -2.34. The molecule has 0 heterocycles. The van der Waals surface area contributed by atoms with Crippen molar-refractivity contribution in [2.45, 2.75) is 13.0 Å². The first-order valence-electron chi connectivity index (χ1n) is 5.37. The van der Waals surface area contributed by atoms with Gasteiger partial charge in [-0.15, -0.1) is 0 Å². The molecule has 0 spiro atoms. The number of benzene rings is 1. The summed E-state index contributed by atoms with van der Waals surface area (Å²) in [5, 5.41) is 22.0. The fourth-order valence-corrected chi connectivity index (χ4v) is 1.40. The van der Waals surface area contributed by atoms with Crippen LogP contribution in [0.2, 0.25) is 0 Å². The molecular weight excluding hydrogens is 220 g/mol. The second-order valence-corrected chi connectivity index (χ2v) is 4.13. The van der Waals surface area contributed by atoms with Gasteiger partial charge in [0.05, 0.1) is 6.54 Å². The largest absolute Gasteiger partial charge is 0.508 e. The number of likely N-dealkylation sites (N-methyl/N-ethyl adjacent to an activating group) is 1. The molecule has 0 aliphatic heterocycles. The molecule has 0 aliphatic carbocycles. The van der Waals surface area contributed by atoms with Crippen LogP contribution in [-0.4, -0.2) is 41.7 Å². The summed E-state index contributed by atoms with van der Waals surface area (Å²) < 4.78 is 0. The molecule has 1 aromatic rings. The molecular formula is C12H18N2O3. The fourth-order valence-electron chi connectivity index (χ4n) is 1.40. The number of amides is 1. The molecule has 0 fully saturated rings. The molecule has 94 valence electrons. The van der Waals surface area contributed by atoms with E-state index >= 15 is 0 Å². The van der Waals surface area contributed by atoms with E-state index in [0.717, 1.165) is 0 Å². The second kappa shape index (κ2) is 5.54. The van der Waals surface area contributed by atoms with Crippen LogP contribution in [0.15, 0.2) is 18.2 Å². The maximum Gasteiger partial charge on any atom is 0.236 e. The third-order valence-corrected chi connectivity index (χ3v) is 2.54. The Balaban J connectivity index is 2.67. The van der Waals surface area contributed by atoms with E-state index in [1.807, 2.05) is 6.92 Å². The van der Waals surface area contributed by atoms with Crippen LogP contribution >= 0.6 is 0 Å². The first-order chi connectivity index (χ1) is 7.91. The Morgan fingerprint density at radius 1 is 1.41 bits per heavy atom. The monoisotopic (exact) mass is 238 g/mol. The standard InChI is InChI=1S/C12H18N2O3/c1-8(13-7-12(17)14(2)3)10-6-9(15)4-5-11(10)16/h4-6,8,13,15-16H,7H2,1-3H3. The van der Waals surface area contributed by atoms with Gasteiger partial charge in [-0.1, -0.05) is 0 Å². The van der Waals surface area contributed by atoms with Gasteiger partial charge in [0, 0.05) is 25.7 Å². The van der Waals surface area contributed by atoms with Gasteiger partial charge in [0.25, 0.3) is 0 Å². The molecule has 0 saturated heterocycles. The van der Waals surface area contributed by atoms with E-state index in [1.165, 1.54) is 23.1 Å². The maximum absolute atomic E-state index is 11.4. The summed E-state index contributed by atoms with van der Waals surface area (Å²) in [7, 11) is 3.36. The van der Waals surface area contributed by atoms with E-state index in [2.05, 4.69) is 5.32 Å². The Bertz CT molecular complexity index is 405. The van der Waals surface area contributed by atoms with Crippen LogP contribution < -0.4 is 5.32 Å². The van der Waals surface area contributed by atoms with Crippen molar-refractivity contribution in [2.24, 2.45) is 0 Å². The predicted octanol–water partition coefficient (Wildman–Crippen LogP) is 0.837. The quantitative estimate of drug-likeness (QED) is 0.680. The zero-order chi connectivity index (χ0) is 13.0. The van der Waals surface area contributed by atoms with E-state index in [9.17, 15) is 15.0 Å². The van der Waals surface area contributed by atoms with Crippen molar-refractivity contribution < 1.29 is 15.0 Å². The second-order valence-electron chi connectivity index (χ2n) is 4.13. The van der Waals surface area contributed by atoms with Crippen molar-refractivity contribution >= 4 is 5.91 Å². The van der Waals surface area contributed by atoms with Gasteiger partial charge < -0.3 is 20.4 Å². The van der Waals surface area contributed by atoms with E-state index in [-0.39, 0.29) is 30.0 Å². The summed E-state index contributed by atoms with van der Waals surface area (Å²) in [4.78, 5) is 12.9. The third-order valence-electron chi connectivity index (χ3n) is 2.54. The zero-order valence-corrected chi connectivity index (χ0v) is 10.3. The average Bonchev–Trinajstić information content (AvgIpc) is 2.28. The van der Waals surface area contributed by atoms with Gasteiger partial charge in [0.1, 0.15) is 11.5 Å². The molecule has 0 saturated carbocycles. The number of rotatable bonds is 4. The van der Waals surface area contributed by atoms with Gasteiger partial charge >= 0.3 is 0 Å². The molecule has 0 aliphatic rings. The summed E-state index contributed by atoms with van der Waals surface area (Å²) in [5.41, 5.74) is 0.566. The number of phenols is 2. The van der Waals surface area contributed by atoms with Gasteiger partial charge in [-0.25, -0.2) is 0 Å². The lowest BCUT2D eigenvalue weighted by molar-refractivity contribution is -0.127. The number of aromatic hydroxyl groups is 2. The number of phenolic OH excluding ortho intramolecular Hbond substituents is 2. The molecule has 1 rings (SSSR count). The normalized spacial score (nSPS) is 12.2. The van der Waals surface area contributed by atoms with Crippen molar-refractivity contribution in [2.75, 3.05) is 20.6 Å². The van der Waals surface area contributed by atoms with Crippen LogP contribution in [0.25, 0.3) is 0 Å². The molecule has 1 unspecified atom stereocenters. The van der Waals surface area contributed by atoms with Crippen LogP contribution in [0.4, 0.5) is 0 Å². The van der Waals surface area contributed by atoms with Gasteiger partial charge in [-0.05, 0) is 25.1 Å². The van der Waals surface area contributed by atoms with Gasteiger partial charge in [0.15, 0.2) is 0 Å². The maximum atomic E-state index is 11.4. The minimum Gasteiger partial charge on any atom is -0.508 e. The summed E-state index contributed by atoms with van der Waals surface area (Å²) in [6, 6.07) is 4.10. The molecule has 1 amide bonds. The molecule has 0 radical (unpaired) electrons. The SMILES string of the molecule is CC(NCC(=O)N(C)C)c1cc(O)ccc1O. The van der Waals surface area contributed by atoms with Crippen LogP contribution in [0.3, 0.4) is 0 Å². The highest BCUT2D eigenvalue weighted by molar-refractivity contribution is 5.77. The summed E-state index contributed by atoms with van der Waals surface area (Å²) in [6.07, 6.45) is 0. The number of hydrogen-bond donors (Lipinski definition) is 3. The summed E-state index contributed by atoms with van der Waals surface area (Å²) in [6.45, 7) is 2.00. The van der Waals surface area contributed by atoms with Crippen LogP contribution in [0.1, 0.15) is 18.5 Å². The lowest BCUT2D eigenvalue weighted by atomic mass is 10.1. The zero-order valence-electron chi connectivity index (χ0n) is 10.3. The Morgan fingerprint density at radius 3 is 2.65 bits per heavy atom. The van der Waals surface area contributed by atoms with Crippen molar-refractivity contribution in [3.05, 3.63) is 23.8 Å². The topological polar surface area (TPSA) is 72.8 Å². The number of nitrogens with zero attached hydrogens (tertiary/aromatic N) is 1. The fraction of sp³-hybridized carbons (Fsp3) is 0.417. The number of nitrogens with one attached hydrogen (secondary N) is 1. The molecule has 5 heteroatoms. The minimum atomic E-state index is -0.217. The highest BCUT2D eigenvalue weighted by Crippen LogP contribution is 2.27. The highest BCUT2D eigenvalue weighted by atomic mass is 16.3. The van der Waals surface area contributed by atoms with Crippen molar-refractivity contribution in [3.63, 3.8) is 0 Å². The molecule has 1 atom stereocenters. The van der Waals surface area contributed by atoms with E-state index < -0.39 is 0 Å². The van der Waals surface area contributed by atoms with Crippen LogP contribution in [0, 0.1) is 0 Å². The smallest absolute Gasteiger partial charge is 0.236 e. The lowest BCUT2D eigenvalue weighted by Gasteiger charge is -2.17. The molecule has 1 aromatic carbocycles. The number of carbonyl (C=O) groups is 1. The van der Waals surface area contributed by atoms with E-state index in [1.54, 1.807) is 14.1 Å². The van der Waals surface area contributed by atoms with Gasteiger partial charge in [-0.3, -0.25) is 4.79 Å². The summed E-state index contributed by atoms with van der Waals surface area (Å²) in [5.74, 6) is 0.141. The average molecular weight is 238 g/mol. The highest BCUT2D eigenvalue weighted by Gasteiger charge is 2.12. The third kappa shape index (κ3) is 3.64. The van der Waals surface area contributed by atoms with Gasteiger partial charge in [-0.2, -0.15) is 0 Å². The van der Waals surface area contributed by atoms with Crippen LogP contribution in [-0.2, 0) is 4.79 Å². The Morgan fingerprint density at radius 2 is 2.06 bits per heavy atom. The summed E-state index contributed by atoms with van der Waals surface area (Å²) >= 11 is 0. The molecule has 3 N–H and O–H groups in total. The Labute approximate surface area is 101 Å². The van der Waals surface area contributed by atoms with Crippen LogP contribution in [0.5, 0.6) is 11.5 Å². The van der Waals surface area contributed by atoms with Gasteiger partial charge in [0.2, 0.25) is 5.91 Å². The van der Waals surface area contributed by atoms with Crippen molar-refractivity contribution in [1.29, 1.82) is 0 Å². The molecule has 0 bridgehead atoms. The first-order valence-corrected chi connectivity index (χ1v) is 5.37. The van der Waals surface area contributed by atoms with Crippen molar-refractivity contribution in [1.82, 2.24) is 10.2 Å². The van der Waals surface area contributed by atoms with Crippen molar-refractivity contribution in [3.8, 4) is 11.5 Å². The van der Waals surface area contributed by atoms with E-state index in [4.69, 9.17) is 0 Å². The molecule has 17 heavy (non-hydrogen) atoms. The predicted molar refractivity (Wildman–Crippen MR) is 64.9 cm³/mol. The Kier molecular flexibility index (Phi) is 4.34. The molecule has 0 aromatic heterocycles.